The molecular weight excluding hydrogens is 339 g/mol. The number of alkyl halides is 3. The second kappa shape index (κ2) is 4.76. The Morgan fingerprint density at radius 2 is 2.05 bits per heavy atom. The normalized spacial score (nSPS) is 15.4. The highest BCUT2D eigenvalue weighted by atomic mass is 79.9. The van der Waals surface area contributed by atoms with Crippen molar-refractivity contribution in [2.45, 2.75) is 25.1 Å². The monoisotopic (exact) mass is 347 g/mol. The summed E-state index contributed by atoms with van der Waals surface area (Å²) in [6.45, 7) is 0. The predicted octanol–water partition coefficient (Wildman–Crippen LogP) is 4.09. The van der Waals surface area contributed by atoms with Crippen LogP contribution in [0.3, 0.4) is 0 Å². The summed E-state index contributed by atoms with van der Waals surface area (Å²) in [5, 5.41) is 6.55. The zero-order valence-corrected chi connectivity index (χ0v) is 11.6. The van der Waals surface area contributed by atoms with Gasteiger partial charge in [0.25, 0.3) is 0 Å². The first-order chi connectivity index (χ1) is 9.43. The smallest absolute Gasteiger partial charge is 0.335 e. The topological polar surface area (TPSA) is 51.0 Å². The van der Waals surface area contributed by atoms with Crippen LogP contribution in [-0.4, -0.2) is 16.2 Å². The Hall–Kier alpha value is -1.57. The standard InChI is InChI=1S/C12H9BrF3N3O/c13-6-1-4-8(9(5-6)12(14,15)16)10-18-11(20-19-10)17-7-2-3-7/h1,4-5,7H,2-3H2,(H,17,18,19). The Bertz CT molecular complexity index is 637. The minimum atomic E-state index is -4.48. The first-order valence-corrected chi connectivity index (χ1v) is 6.70. The molecule has 1 aliphatic rings. The van der Waals surface area contributed by atoms with E-state index < -0.39 is 11.7 Å². The molecule has 3 rings (SSSR count). The van der Waals surface area contributed by atoms with Gasteiger partial charge >= 0.3 is 12.2 Å². The Kier molecular flexibility index (Phi) is 3.19. The maximum absolute atomic E-state index is 13.0. The molecule has 20 heavy (non-hydrogen) atoms. The Balaban J connectivity index is 1.98. The van der Waals surface area contributed by atoms with Gasteiger partial charge < -0.3 is 9.84 Å². The lowest BCUT2D eigenvalue weighted by atomic mass is 10.1. The molecule has 1 aliphatic carbocycles. The molecule has 1 aromatic carbocycles. The molecule has 0 amide bonds. The quantitative estimate of drug-likeness (QED) is 0.908. The molecule has 0 radical (unpaired) electrons. The van der Waals surface area contributed by atoms with Crippen molar-refractivity contribution in [1.29, 1.82) is 0 Å². The van der Waals surface area contributed by atoms with Gasteiger partial charge in [-0.1, -0.05) is 21.1 Å². The van der Waals surface area contributed by atoms with E-state index in [1.165, 1.54) is 12.1 Å². The highest BCUT2D eigenvalue weighted by Gasteiger charge is 2.35. The van der Waals surface area contributed by atoms with Gasteiger partial charge in [-0.2, -0.15) is 18.2 Å². The molecule has 2 aromatic rings. The van der Waals surface area contributed by atoms with Crippen LogP contribution in [0.15, 0.2) is 27.2 Å². The van der Waals surface area contributed by atoms with E-state index in [2.05, 4.69) is 31.4 Å². The summed E-state index contributed by atoms with van der Waals surface area (Å²) < 4.78 is 44.3. The van der Waals surface area contributed by atoms with Gasteiger partial charge in [-0.3, -0.25) is 0 Å². The summed E-state index contributed by atoms with van der Waals surface area (Å²) >= 11 is 3.03. The van der Waals surface area contributed by atoms with Crippen molar-refractivity contribution in [1.82, 2.24) is 10.1 Å². The zero-order chi connectivity index (χ0) is 14.3. The van der Waals surface area contributed by atoms with E-state index in [0.29, 0.717) is 4.47 Å². The van der Waals surface area contributed by atoms with Crippen LogP contribution in [0.25, 0.3) is 11.4 Å². The van der Waals surface area contributed by atoms with Crippen LogP contribution in [0, 0.1) is 0 Å². The van der Waals surface area contributed by atoms with E-state index in [-0.39, 0.29) is 23.4 Å². The number of nitrogens with zero attached hydrogens (tertiary/aromatic N) is 2. The van der Waals surface area contributed by atoms with E-state index in [9.17, 15) is 13.2 Å². The van der Waals surface area contributed by atoms with Crippen LogP contribution < -0.4 is 5.32 Å². The number of aromatic nitrogens is 2. The lowest BCUT2D eigenvalue weighted by Crippen LogP contribution is -2.07. The van der Waals surface area contributed by atoms with Gasteiger partial charge in [0.15, 0.2) is 0 Å². The average Bonchev–Trinajstić information content (AvgIpc) is 3.05. The second-order valence-corrected chi connectivity index (χ2v) is 5.45. The number of rotatable bonds is 3. The maximum Gasteiger partial charge on any atom is 0.417 e. The summed E-state index contributed by atoms with van der Waals surface area (Å²) in [5.41, 5.74) is -0.904. The first-order valence-electron chi connectivity index (χ1n) is 5.91. The fraction of sp³-hybridized carbons (Fsp3) is 0.333. The fourth-order valence-corrected chi connectivity index (χ4v) is 2.10. The minimum absolute atomic E-state index is 0.0759. The molecule has 8 heteroatoms. The van der Waals surface area contributed by atoms with Crippen molar-refractivity contribution >= 4 is 21.9 Å². The third-order valence-electron chi connectivity index (χ3n) is 2.86. The highest BCUT2D eigenvalue weighted by molar-refractivity contribution is 9.10. The van der Waals surface area contributed by atoms with Crippen LogP contribution in [0.2, 0.25) is 0 Å². The van der Waals surface area contributed by atoms with Crippen molar-refractivity contribution in [3.8, 4) is 11.4 Å². The molecule has 0 saturated heterocycles. The van der Waals surface area contributed by atoms with Crippen LogP contribution in [0.4, 0.5) is 19.2 Å². The molecule has 106 valence electrons. The highest BCUT2D eigenvalue weighted by Crippen LogP contribution is 2.38. The van der Waals surface area contributed by atoms with E-state index in [4.69, 9.17) is 4.52 Å². The molecule has 0 bridgehead atoms. The predicted molar refractivity (Wildman–Crippen MR) is 69.1 cm³/mol. The van der Waals surface area contributed by atoms with Crippen LogP contribution in [0.1, 0.15) is 18.4 Å². The molecule has 1 N–H and O–H groups in total. The van der Waals surface area contributed by atoms with Gasteiger partial charge in [0, 0.05) is 16.1 Å². The second-order valence-electron chi connectivity index (χ2n) is 4.53. The summed E-state index contributed by atoms with van der Waals surface area (Å²) in [7, 11) is 0. The van der Waals surface area contributed by atoms with E-state index in [1.54, 1.807) is 0 Å². The van der Waals surface area contributed by atoms with Gasteiger partial charge in [0.05, 0.1) is 5.56 Å². The number of halogens is 4. The molecule has 1 aromatic heterocycles. The van der Waals surface area contributed by atoms with Crippen molar-refractivity contribution in [2.75, 3.05) is 5.32 Å². The van der Waals surface area contributed by atoms with Crippen LogP contribution >= 0.6 is 15.9 Å². The van der Waals surface area contributed by atoms with Crippen LogP contribution in [-0.2, 0) is 6.18 Å². The van der Waals surface area contributed by atoms with Gasteiger partial charge in [-0.05, 0) is 31.0 Å². The summed E-state index contributed by atoms with van der Waals surface area (Å²) in [6.07, 6.45) is -2.47. The average molecular weight is 348 g/mol. The van der Waals surface area contributed by atoms with Crippen molar-refractivity contribution in [3.05, 3.63) is 28.2 Å². The molecule has 0 spiro atoms. The summed E-state index contributed by atoms with van der Waals surface area (Å²) in [6, 6.07) is 4.27. The van der Waals surface area contributed by atoms with Gasteiger partial charge in [0.2, 0.25) is 5.82 Å². The Labute approximate surface area is 120 Å². The van der Waals surface area contributed by atoms with Crippen molar-refractivity contribution in [2.24, 2.45) is 0 Å². The number of anilines is 1. The maximum atomic E-state index is 13.0. The third-order valence-corrected chi connectivity index (χ3v) is 3.35. The lowest BCUT2D eigenvalue weighted by Gasteiger charge is -2.10. The lowest BCUT2D eigenvalue weighted by molar-refractivity contribution is -0.137. The molecule has 0 atom stereocenters. The SMILES string of the molecule is FC(F)(F)c1cc(Br)ccc1-c1noc(NC2CC2)n1. The zero-order valence-electron chi connectivity index (χ0n) is 10.0. The van der Waals surface area contributed by atoms with E-state index in [1.807, 2.05) is 0 Å². The number of benzene rings is 1. The summed E-state index contributed by atoms with van der Waals surface area (Å²) in [5.74, 6) is -0.0759. The minimum Gasteiger partial charge on any atom is -0.335 e. The largest absolute Gasteiger partial charge is 0.417 e. The molecule has 0 unspecified atom stereocenters. The molecule has 1 fully saturated rings. The molecule has 0 aliphatic heterocycles. The van der Waals surface area contributed by atoms with E-state index in [0.717, 1.165) is 18.9 Å². The first kappa shape index (κ1) is 13.4. The number of nitrogens with one attached hydrogen (secondary N) is 1. The Morgan fingerprint density at radius 3 is 2.70 bits per heavy atom. The molecule has 4 nitrogen and oxygen atoms in total. The molecule has 1 saturated carbocycles. The summed E-state index contributed by atoms with van der Waals surface area (Å²) in [4.78, 5) is 3.96. The van der Waals surface area contributed by atoms with Gasteiger partial charge in [-0.25, -0.2) is 0 Å². The molecular formula is C12H9BrF3N3O. The number of hydrogen-bond acceptors (Lipinski definition) is 4. The van der Waals surface area contributed by atoms with Gasteiger partial charge in [-0.15, -0.1) is 0 Å². The molecule has 1 heterocycles. The Morgan fingerprint density at radius 1 is 1.30 bits per heavy atom. The fourth-order valence-electron chi connectivity index (χ4n) is 1.74. The van der Waals surface area contributed by atoms with Crippen molar-refractivity contribution in [3.63, 3.8) is 0 Å². The number of hydrogen-bond donors (Lipinski definition) is 1. The van der Waals surface area contributed by atoms with Crippen LogP contribution in [0.5, 0.6) is 0 Å². The van der Waals surface area contributed by atoms with E-state index >= 15 is 0 Å². The third kappa shape index (κ3) is 2.79. The van der Waals surface area contributed by atoms with Crippen molar-refractivity contribution < 1.29 is 17.7 Å². The van der Waals surface area contributed by atoms with Gasteiger partial charge in [0.1, 0.15) is 0 Å².